The average Bonchev–Trinajstić information content (AvgIpc) is 3.11. The predicted molar refractivity (Wildman–Crippen MR) is 90.0 cm³/mol. The van der Waals surface area contributed by atoms with Gasteiger partial charge in [-0.2, -0.15) is 0 Å². The Bertz CT molecular complexity index is 710. The Morgan fingerprint density at radius 1 is 1.33 bits per heavy atom. The van der Waals surface area contributed by atoms with Crippen LogP contribution in [-0.4, -0.2) is 41.2 Å². The third-order valence-electron chi connectivity index (χ3n) is 3.97. The van der Waals surface area contributed by atoms with Crippen LogP contribution in [0.3, 0.4) is 0 Å². The second-order valence-corrected chi connectivity index (χ2v) is 6.69. The van der Waals surface area contributed by atoms with Gasteiger partial charge in [0.15, 0.2) is 0 Å². The number of carbonyl (C=O) groups is 2. The highest BCUT2D eigenvalue weighted by Gasteiger charge is 2.32. The zero-order chi connectivity index (χ0) is 16.9. The Balaban J connectivity index is 1.71. The number of hydrogen-bond acceptors (Lipinski definition) is 5. The molecule has 2 heterocycles. The lowest BCUT2D eigenvalue weighted by molar-refractivity contribution is -0.142. The summed E-state index contributed by atoms with van der Waals surface area (Å²) in [6.07, 6.45) is 3.02. The number of hydrogen-bond donors (Lipinski definition) is 2. The third-order valence-corrected chi connectivity index (χ3v) is 5.01. The molecule has 0 radical (unpaired) electrons. The number of ether oxygens (including phenoxy) is 1. The van der Waals surface area contributed by atoms with Crippen molar-refractivity contribution in [1.29, 1.82) is 0 Å². The van der Waals surface area contributed by atoms with E-state index in [1.807, 2.05) is 30.3 Å². The first-order valence-corrected chi connectivity index (χ1v) is 8.59. The number of carboxylic acid groups (broad SMARTS) is 1. The summed E-state index contributed by atoms with van der Waals surface area (Å²) in [5, 5.41) is 12.8. The second-order valence-electron chi connectivity index (χ2n) is 5.66. The largest absolute Gasteiger partial charge is 0.480 e. The van der Waals surface area contributed by atoms with Gasteiger partial charge in [0.05, 0.1) is 12.8 Å². The van der Waals surface area contributed by atoms with E-state index in [-0.39, 0.29) is 5.92 Å². The number of aliphatic carboxylic acids is 1. The molecule has 7 heteroatoms. The Hall–Kier alpha value is -2.25. The van der Waals surface area contributed by atoms with Crippen LogP contribution in [0.25, 0.3) is 10.6 Å². The zero-order valence-electron chi connectivity index (χ0n) is 13.0. The molecule has 24 heavy (non-hydrogen) atoms. The van der Waals surface area contributed by atoms with Crippen molar-refractivity contribution >= 4 is 23.2 Å². The van der Waals surface area contributed by atoms with E-state index in [2.05, 4.69) is 10.3 Å². The van der Waals surface area contributed by atoms with Crippen LogP contribution in [0.1, 0.15) is 22.5 Å². The minimum atomic E-state index is -1.04. The van der Waals surface area contributed by atoms with Crippen LogP contribution in [0.15, 0.2) is 36.5 Å². The molecule has 1 saturated heterocycles. The van der Waals surface area contributed by atoms with E-state index in [9.17, 15) is 14.7 Å². The van der Waals surface area contributed by atoms with E-state index in [0.717, 1.165) is 23.4 Å². The van der Waals surface area contributed by atoms with Gasteiger partial charge in [-0.05, 0) is 12.8 Å². The highest BCUT2D eigenvalue weighted by molar-refractivity contribution is 7.16. The molecule has 0 bridgehead atoms. The molecule has 6 nitrogen and oxygen atoms in total. The number of carbonyl (C=O) groups excluding carboxylic acids is 1. The standard InChI is InChI=1S/C17H18N2O4S/c20-15(19-14(17(21)22)12-7-4-8-23-10-12)13-9-18-16(24-13)11-5-2-1-3-6-11/h1-3,5-6,9,12,14H,4,7-8,10H2,(H,19,20)(H,21,22)/t12-,14-/m1/s1. The summed E-state index contributed by atoms with van der Waals surface area (Å²) in [7, 11) is 0. The summed E-state index contributed by atoms with van der Waals surface area (Å²) >= 11 is 1.25. The van der Waals surface area contributed by atoms with Gasteiger partial charge >= 0.3 is 5.97 Å². The van der Waals surface area contributed by atoms with Crippen molar-refractivity contribution in [3.8, 4) is 10.6 Å². The van der Waals surface area contributed by atoms with Crippen molar-refractivity contribution in [3.63, 3.8) is 0 Å². The lowest BCUT2D eigenvalue weighted by Crippen LogP contribution is -2.48. The molecule has 0 unspecified atom stereocenters. The van der Waals surface area contributed by atoms with Crippen molar-refractivity contribution < 1.29 is 19.4 Å². The molecule has 0 aliphatic carbocycles. The molecule has 1 fully saturated rings. The summed E-state index contributed by atoms with van der Waals surface area (Å²) in [5.41, 5.74) is 0.928. The van der Waals surface area contributed by atoms with Gasteiger partial charge in [0.2, 0.25) is 0 Å². The summed E-state index contributed by atoms with van der Waals surface area (Å²) in [6.45, 7) is 1.00. The Morgan fingerprint density at radius 2 is 2.12 bits per heavy atom. The molecule has 0 saturated carbocycles. The van der Waals surface area contributed by atoms with Crippen LogP contribution in [-0.2, 0) is 9.53 Å². The van der Waals surface area contributed by atoms with E-state index in [0.29, 0.717) is 18.1 Å². The number of thiazole rings is 1. The molecule has 2 N–H and O–H groups in total. The Morgan fingerprint density at radius 3 is 2.79 bits per heavy atom. The van der Waals surface area contributed by atoms with E-state index < -0.39 is 17.9 Å². The SMILES string of the molecule is O=C(N[C@@H](C(=O)O)[C@@H]1CCCOC1)c1cnc(-c2ccccc2)s1. The van der Waals surface area contributed by atoms with Gasteiger partial charge in [-0.15, -0.1) is 11.3 Å². The van der Waals surface area contributed by atoms with Crippen LogP contribution in [0.4, 0.5) is 0 Å². The molecule has 126 valence electrons. The topological polar surface area (TPSA) is 88.5 Å². The predicted octanol–water partition coefficient (Wildman–Crippen LogP) is 2.42. The highest BCUT2D eigenvalue weighted by Crippen LogP contribution is 2.25. The summed E-state index contributed by atoms with van der Waals surface area (Å²) in [5.74, 6) is -1.65. The molecular weight excluding hydrogens is 328 g/mol. The highest BCUT2D eigenvalue weighted by atomic mass is 32.1. The lowest BCUT2D eigenvalue weighted by atomic mass is 9.93. The fourth-order valence-electron chi connectivity index (χ4n) is 2.72. The van der Waals surface area contributed by atoms with Gasteiger partial charge in [-0.1, -0.05) is 30.3 Å². The molecule has 1 aliphatic heterocycles. The van der Waals surface area contributed by atoms with Crippen LogP contribution in [0.2, 0.25) is 0 Å². The first-order chi connectivity index (χ1) is 11.6. The van der Waals surface area contributed by atoms with E-state index in [4.69, 9.17) is 4.74 Å². The number of aromatic nitrogens is 1. The minimum absolute atomic E-state index is 0.207. The van der Waals surface area contributed by atoms with Crippen LogP contribution < -0.4 is 5.32 Å². The fraction of sp³-hybridized carbons (Fsp3) is 0.353. The van der Waals surface area contributed by atoms with Crippen molar-refractivity contribution in [2.24, 2.45) is 5.92 Å². The van der Waals surface area contributed by atoms with Gasteiger partial charge in [0.1, 0.15) is 15.9 Å². The Kier molecular flexibility index (Phi) is 5.22. The number of rotatable bonds is 5. The Labute approximate surface area is 143 Å². The monoisotopic (exact) mass is 346 g/mol. The van der Waals surface area contributed by atoms with E-state index in [1.54, 1.807) is 0 Å². The maximum atomic E-state index is 12.4. The number of nitrogens with one attached hydrogen (secondary N) is 1. The molecule has 2 aromatic rings. The van der Waals surface area contributed by atoms with Gasteiger partial charge in [0, 0.05) is 18.1 Å². The number of carboxylic acids is 1. The molecule has 3 rings (SSSR count). The number of amides is 1. The maximum Gasteiger partial charge on any atom is 0.326 e. The van der Waals surface area contributed by atoms with Crippen molar-refractivity contribution in [3.05, 3.63) is 41.4 Å². The molecule has 0 spiro atoms. The normalized spacial score (nSPS) is 18.8. The van der Waals surface area contributed by atoms with Gasteiger partial charge < -0.3 is 15.2 Å². The van der Waals surface area contributed by atoms with Gasteiger partial charge in [-0.3, -0.25) is 4.79 Å². The van der Waals surface area contributed by atoms with Crippen molar-refractivity contribution in [1.82, 2.24) is 10.3 Å². The second kappa shape index (κ2) is 7.55. The molecule has 1 aliphatic rings. The van der Waals surface area contributed by atoms with Crippen LogP contribution in [0, 0.1) is 5.92 Å². The summed E-state index contributed by atoms with van der Waals surface area (Å²) in [4.78, 5) is 28.6. The van der Waals surface area contributed by atoms with Gasteiger partial charge in [-0.25, -0.2) is 9.78 Å². The molecule has 2 atom stereocenters. The number of nitrogens with zero attached hydrogens (tertiary/aromatic N) is 1. The number of benzene rings is 1. The maximum absolute atomic E-state index is 12.4. The zero-order valence-corrected chi connectivity index (χ0v) is 13.8. The molecule has 1 aromatic heterocycles. The lowest BCUT2D eigenvalue weighted by Gasteiger charge is -2.27. The quantitative estimate of drug-likeness (QED) is 0.868. The molecule has 1 aromatic carbocycles. The van der Waals surface area contributed by atoms with E-state index in [1.165, 1.54) is 17.5 Å². The van der Waals surface area contributed by atoms with Gasteiger partial charge in [0.25, 0.3) is 5.91 Å². The molecular formula is C17H18N2O4S. The summed E-state index contributed by atoms with van der Waals surface area (Å²) < 4.78 is 5.34. The first-order valence-electron chi connectivity index (χ1n) is 7.78. The third kappa shape index (κ3) is 3.80. The fourth-order valence-corrected chi connectivity index (χ4v) is 3.54. The average molecular weight is 346 g/mol. The minimum Gasteiger partial charge on any atom is -0.480 e. The molecule has 1 amide bonds. The van der Waals surface area contributed by atoms with E-state index >= 15 is 0 Å². The smallest absolute Gasteiger partial charge is 0.326 e. The van der Waals surface area contributed by atoms with Crippen molar-refractivity contribution in [2.75, 3.05) is 13.2 Å². The van der Waals surface area contributed by atoms with Crippen molar-refractivity contribution in [2.45, 2.75) is 18.9 Å². The van der Waals surface area contributed by atoms with Crippen LogP contribution >= 0.6 is 11.3 Å². The van der Waals surface area contributed by atoms with Crippen LogP contribution in [0.5, 0.6) is 0 Å². The first kappa shape index (κ1) is 16.6. The summed E-state index contributed by atoms with van der Waals surface area (Å²) in [6, 6.07) is 8.61.